The van der Waals surface area contributed by atoms with Gasteiger partial charge in [-0.15, -0.1) is 11.3 Å². The van der Waals surface area contributed by atoms with Gasteiger partial charge < -0.3 is 15.4 Å². The number of hydrogen-bond donors (Lipinski definition) is 2. The van der Waals surface area contributed by atoms with Crippen LogP contribution < -0.4 is 15.5 Å². The topological polar surface area (TPSA) is 87.7 Å². The highest BCUT2D eigenvalue weighted by Gasteiger charge is 2.33. The highest BCUT2D eigenvalue weighted by Crippen LogP contribution is 2.28. The first-order valence-corrected chi connectivity index (χ1v) is 12.6. The van der Waals surface area contributed by atoms with Gasteiger partial charge in [-0.1, -0.05) is 54.1 Å². The summed E-state index contributed by atoms with van der Waals surface area (Å²) in [5, 5.41) is 7.49. The Bertz CT molecular complexity index is 1130. The molecule has 1 fully saturated rings. The molecule has 0 saturated carbocycles. The number of hydrogen-bond acceptors (Lipinski definition) is 5. The maximum atomic E-state index is 13.6. The van der Waals surface area contributed by atoms with Crippen LogP contribution in [0.15, 0.2) is 72.1 Å². The molecule has 2 heterocycles. The molecule has 2 aromatic carbocycles. The number of nitrogens with one attached hydrogen (secondary N) is 2. The van der Waals surface area contributed by atoms with Crippen molar-refractivity contribution in [2.24, 2.45) is 0 Å². The van der Waals surface area contributed by atoms with Crippen LogP contribution in [0.25, 0.3) is 0 Å². The van der Waals surface area contributed by atoms with Gasteiger partial charge in [-0.3, -0.25) is 19.3 Å². The van der Waals surface area contributed by atoms with Gasteiger partial charge in [-0.05, 0) is 48.9 Å². The monoisotopic (exact) mass is 491 g/mol. The zero-order valence-electron chi connectivity index (χ0n) is 19.6. The number of carbonyl (C=O) groups is 3. The van der Waals surface area contributed by atoms with E-state index in [-0.39, 0.29) is 30.4 Å². The van der Waals surface area contributed by atoms with Crippen molar-refractivity contribution in [1.82, 2.24) is 10.6 Å². The van der Waals surface area contributed by atoms with Crippen LogP contribution in [0, 0.1) is 6.92 Å². The first kappa shape index (κ1) is 24.6. The van der Waals surface area contributed by atoms with Gasteiger partial charge in [0.05, 0.1) is 17.5 Å². The third-order valence-electron chi connectivity index (χ3n) is 5.88. The van der Waals surface area contributed by atoms with E-state index in [9.17, 15) is 14.4 Å². The van der Waals surface area contributed by atoms with Crippen LogP contribution in [0.1, 0.15) is 39.7 Å². The summed E-state index contributed by atoms with van der Waals surface area (Å²) in [5.74, 6) is -1.01. The Hall–Kier alpha value is -3.49. The second-order valence-electron chi connectivity index (χ2n) is 8.45. The summed E-state index contributed by atoms with van der Waals surface area (Å²) in [6.07, 6.45) is 1.84. The fourth-order valence-corrected chi connectivity index (χ4v) is 4.69. The Labute approximate surface area is 209 Å². The summed E-state index contributed by atoms with van der Waals surface area (Å²) < 4.78 is 5.65. The van der Waals surface area contributed by atoms with Crippen LogP contribution >= 0.6 is 11.3 Å². The van der Waals surface area contributed by atoms with Gasteiger partial charge in [-0.2, -0.15) is 0 Å². The molecular weight excluding hydrogens is 462 g/mol. The summed E-state index contributed by atoms with van der Waals surface area (Å²) in [7, 11) is 0. The SMILES string of the molecule is Cc1ccc(N(C(=O)CNC(=O)c2cccs2)[C@H](C(=O)NC[C@@H]2CCCO2)c2ccccc2)cc1. The Morgan fingerprint density at radius 2 is 1.80 bits per heavy atom. The molecule has 0 spiro atoms. The molecule has 0 unspecified atom stereocenters. The standard InChI is InChI=1S/C27H29N3O4S/c1-19-11-13-21(14-12-19)30(24(31)18-29-26(32)23-10-6-16-35-23)25(20-7-3-2-4-8-20)27(33)28-17-22-9-5-15-34-22/h2-4,6-8,10-14,16,22,25H,5,9,15,17-18H2,1H3,(H,28,33)(H,29,32)/t22-,25-/m0/s1. The molecule has 2 atom stereocenters. The van der Waals surface area contributed by atoms with E-state index >= 15 is 0 Å². The number of ether oxygens (including phenoxy) is 1. The fraction of sp³-hybridized carbons (Fsp3) is 0.296. The summed E-state index contributed by atoms with van der Waals surface area (Å²) >= 11 is 1.30. The Morgan fingerprint density at radius 1 is 1.03 bits per heavy atom. The van der Waals surface area contributed by atoms with Crippen LogP contribution in [-0.2, 0) is 14.3 Å². The van der Waals surface area contributed by atoms with Gasteiger partial charge >= 0.3 is 0 Å². The van der Waals surface area contributed by atoms with Crippen LogP contribution in [-0.4, -0.2) is 43.5 Å². The number of thiophene rings is 1. The highest BCUT2D eigenvalue weighted by molar-refractivity contribution is 7.12. The molecule has 35 heavy (non-hydrogen) atoms. The quantitative estimate of drug-likeness (QED) is 0.476. The number of benzene rings is 2. The third kappa shape index (κ3) is 6.35. The van der Waals surface area contributed by atoms with Gasteiger partial charge in [0.25, 0.3) is 5.91 Å². The largest absolute Gasteiger partial charge is 0.376 e. The summed E-state index contributed by atoms with van der Waals surface area (Å²) in [4.78, 5) is 41.6. The van der Waals surface area contributed by atoms with Crippen molar-refractivity contribution in [1.29, 1.82) is 0 Å². The van der Waals surface area contributed by atoms with E-state index in [2.05, 4.69) is 10.6 Å². The van der Waals surface area contributed by atoms with Crippen molar-refractivity contribution in [3.63, 3.8) is 0 Å². The van der Waals surface area contributed by atoms with Crippen molar-refractivity contribution >= 4 is 34.7 Å². The van der Waals surface area contributed by atoms with Crippen molar-refractivity contribution in [3.05, 3.63) is 88.1 Å². The number of anilines is 1. The van der Waals surface area contributed by atoms with E-state index < -0.39 is 6.04 Å². The first-order chi connectivity index (χ1) is 17.0. The van der Waals surface area contributed by atoms with E-state index in [1.807, 2.05) is 61.5 Å². The zero-order valence-corrected chi connectivity index (χ0v) is 20.4. The van der Waals surface area contributed by atoms with Crippen molar-refractivity contribution in [2.45, 2.75) is 31.9 Å². The van der Waals surface area contributed by atoms with Crippen molar-refractivity contribution in [3.8, 4) is 0 Å². The van der Waals surface area contributed by atoms with Crippen LogP contribution in [0.4, 0.5) is 5.69 Å². The van der Waals surface area contributed by atoms with Gasteiger partial charge in [-0.25, -0.2) is 0 Å². The van der Waals surface area contributed by atoms with Crippen LogP contribution in [0.2, 0.25) is 0 Å². The van der Waals surface area contributed by atoms with E-state index in [4.69, 9.17) is 4.74 Å². The Balaban J connectivity index is 1.62. The van der Waals surface area contributed by atoms with Crippen LogP contribution in [0.5, 0.6) is 0 Å². The number of aryl methyl sites for hydroxylation is 1. The average molecular weight is 492 g/mol. The fourth-order valence-electron chi connectivity index (χ4n) is 4.05. The summed E-state index contributed by atoms with van der Waals surface area (Å²) in [5.41, 5.74) is 2.29. The minimum Gasteiger partial charge on any atom is -0.376 e. The van der Waals surface area contributed by atoms with Gasteiger partial charge in [0, 0.05) is 18.8 Å². The van der Waals surface area contributed by atoms with Gasteiger partial charge in [0.1, 0.15) is 6.04 Å². The lowest BCUT2D eigenvalue weighted by molar-refractivity contribution is -0.126. The van der Waals surface area contributed by atoms with E-state index in [0.717, 1.165) is 18.4 Å². The number of amides is 3. The lowest BCUT2D eigenvalue weighted by Crippen LogP contribution is -2.48. The molecule has 1 aliphatic heterocycles. The van der Waals surface area contributed by atoms with E-state index in [1.165, 1.54) is 16.2 Å². The molecule has 8 heteroatoms. The molecule has 1 aromatic heterocycles. The van der Waals surface area contributed by atoms with E-state index in [0.29, 0.717) is 29.3 Å². The molecule has 3 amide bonds. The minimum absolute atomic E-state index is 0.0241. The third-order valence-corrected chi connectivity index (χ3v) is 6.74. The molecule has 7 nitrogen and oxygen atoms in total. The predicted octanol–water partition coefficient (Wildman–Crippen LogP) is 3.86. The maximum absolute atomic E-state index is 13.6. The van der Waals surface area contributed by atoms with E-state index in [1.54, 1.807) is 17.5 Å². The van der Waals surface area contributed by atoms with Crippen molar-refractivity contribution < 1.29 is 19.1 Å². The Kier molecular flexibility index (Phi) is 8.28. The molecular formula is C27H29N3O4S. The normalized spacial score (nSPS) is 15.9. The predicted molar refractivity (Wildman–Crippen MR) is 136 cm³/mol. The summed E-state index contributed by atoms with van der Waals surface area (Å²) in [6.45, 7) is 2.79. The number of nitrogens with zero attached hydrogens (tertiary/aromatic N) is 1. The number of rotatable bonds is 9. The molecule has 0 bridgehead atoms. The molecule has 182 valence electrons. The minimum atomic E-state index is -0.911. The smallest absolute Gasteiger partial charge is 0.261 e. The first-order valence-electron chi connectivity index (χ1n) is 11.7. The molecule has 1 aliphatic rings. The van der Waals surface area contributed by atoms with Crippen molar-refractivity contribution in [2.75, 3.05) is 24.6 Å². The lowest BCUT2D eigenvalue weighted by atomic mass is 10.0. The second-order valence-corrected chi connectivity index (χ2v) is 9.40. The Morgan fingerprint density at radius 3 is 2.46 bits per heavy atom. The molecule has 2 N–H and O–H groups in total. The maximum Gasteiger partial charge on any atom is 0.261 e. The highest BCUT2D eigenvalue weighted by atomic mass is 32.1. The molecule has 0 radical (unpaired) electrons. The molecule has 3 aromatic rings. The number of carbonyl (C=O) groups excluding carboxylic acids is 3. The average Bonchev–Trinajstić information content (AvgIpc) is 3.60. The van der Waals surface area contributed by atoms with Gasteiger partial charge in [0.2, 0.25) is 11.8 Å². The molecule has 0 aliphatic carbocycles. The summed E-state index contributed by atoms with van der Waals surface area (Å²) in [6, 6.07) is 19.2. The zero-order chi connectivity index (χ0) is 24.6. The molecule has 1 saturated heterocycles. The van der Waals surface area contributed by atoms with Gasteiger partial charge in [0.15, 0.2) is 0 Å². The second kappa shape index (κ2) is 11.8. The van der Waals surface area contributed by atoms with Crippen LogP contribution in [0.3, 0.4) is 0 Å². The molecule has 4 rings (SSSR count). The lowest BCUT2D eigenvalue weighted by Gasteiger charge is -2.32.